The summed E-state index contributed by atoms with van der Waals surface area (Å²) in [4.78, 5) is 36.8. The molecule has 3 amide bonds. The molecule has 2 rings (SSSR count). The molecule has 0 spiro atoms. The van der Waals surface area contributed by atoms with Crippen LogP contribution in [-0.2, 0) is 20.8 Å². The van der Waals surface area contributed by atoms with Gasteiger partial charge in [-0.3, -0.25) is 19.3 Å². The van der Waals surface area contributed by atoms with Crippen LogP contribution in [0.15, 0.2) is 17.5 Å². The molecule has 1 saturated heterocycles. The van der Waals surface area contributed by atoms with E-state index in [4.69, 9.17) is 0 Å². The molecular formula is C14H18N2O3S. The van der Waals surface area contributed by atoms with Gasteiger partial charge in [0, 0.05) is 37.2 Å². The molecule has 0 bridgehead atoms. The fourth-order valence-corrected chi connectivity index (χ4v) is 2.90. The Morgan fingerprint density at radius 3 is 2.70 bits per heavy atom. The summed E-state index contributed by atoms with van der Waals surface area (Å²) in [6.45, 7) is 0.629. The van der Waals surface area contributed by atoms with Gasteiger partial charge >= 0.3 is 0 Å². The van der Waals surface area contributed by atoms with Gasteiger partial charge < -0.3 is 5.32 Å². The van der Waals surface area contributed by atoms with Gasteiger partial charge in [-0.1, -0.05) is 6.07 Å². The van der Waals surface area contributed by atoms with Crippen molar-refractivity contribution in [2.45, 2.75) is 32.1 Å². The van der Waals surface area contributed by atoms with Gasteiger partial charge in [0.2, 0.25) is 17.7 Å². The number of carbonyl (C=O) groups is 3. The first-order valence-electron chi connectivity index (χ1n) is 6.79. The molecule has 1 fully saturated rings. The molecule has 0 unspecified atom stereocenters. The molecule has 0 radical (unpaired) electrons. The summed E-state index contributed by atoms with van der Waals surface area (Å²) in [6.07, 6.45) is 2.79. The van der Waals surface area contributed by atoms with Crippen LogP contribution in [0.4, 0.5) is 0 Å². The first-order chi connectivity index (χ1) is 9.66. The Hall–Kier alpha value is -1.69. The van der Waals surface area contributed by atoms with Crippen molar-refractivity contribution in [3.8, 4) is 0 Å². The number of rotatable bonds is 7. The standard InChI is InChI=1S/C14H18N2O3S/c17-12(5-1-3-11-4-2-10-20-11)15-8-9-16-13(18)6-7-14(16)19/h2,4,10H,1,3,5-9H2,(H,15,17). The van der Waals surface area contributed by atoms with E-state index in [0.717, 1.165) is 12.8 Å². The Morgan fingerprint density at radius 2 is 2.05 bits per heavy atom. The maximum absolute atomic E-state index is 11.6. The van der Waals surface area contributed by atoms with E-state index >= 15 is 0 Å². The average molecular weight is 294 g/mol. The van der Waals surface area contributed by atoms with E-state index in [9.17, 15) is 14.4 Å². The SMILES string of the molecule is O=C(CCCc1cccs1)NCCN1C(=O)CCC1=O. The van der Waals surface area contributed by atoms with Gasteiger partial charge in [0.05, 0.1) is 0 Å². The largest absolute Gasteiger partial charge is 0.354 e. The molecule has 108 valence electrons. The van der Waals surface area contributed by atoms with Crippen LogP contribution < -0.4 is 5.32 Å². The molecule has 1 aliphatic heterocycles. The number of hydrogen-bond donors (Lipinski definition) is 1. The van der Waals surface area contributed by atoms with Crippen molar-refractivity contribution in [3.63, 3.8) is 0 Å². The first-order valence-corrected chi connectivity index (χ1v) is 7.67. The van der Waals surface area contributed by atoms with Crippen LogP contribution in [0, 0.1) is 0 Å². The number of nitrogens with one attached hydrogen (secondary N) is 1. The first kappa shape index (κ1) is 14.7. The van der Waals surface area contributed by atoms with Crippen LogP contribution >= 0.6 is 11.3 Å². The number of aryl methyl sites for hydroxylation is 1. The average Bonchev–Trinajstić information content (AvgIpc) is 3.03. The monoisotopic (exact) mass is 294 g/mol. The van der Waals surface area contributed by atoms with Crippen molar-refractivity contribution in [1.29, 1.82) is 0 Å². The number of amides is 3. The van der Waals surface area contributed by atoms with Gasteiger partial charge in [-0.25, -0.2) is 0 Å². The maximum atomic E-state index is 11.6. The van der Waals surface area contributed by atoms with Crippen molar-refractivity contribution in [3.05, 3.63) is 22.4 Å². The zero-order valence-electron chi connectivity index (χ0n) is 11.3. The van der Waals surface area contributed by atoms with E-state index in [1.807, 2.05) is 11.4 Å². The van der Waals surface area contributed by atoms with Gasteiger partial charge in [-0.15, -0.1) is 11.3 Å². The Bertz CT molecular complexity index is 469. The minimum atomic E-state index is -0.137. The van der Waals surface area contributed by atoms with Crippen LogP contribution in [0.5, 0.6) is 0 Å². The number of thiophene rings is 1. The van der Waals surface area contributed by atoms with Gasteiger partial charge in [0.15, 0.2) is 0 Å². The van der Waals surface area contributed by atoms with E-state index in [1.54, 1.807) is 11.3 Å². The predicted octanol–water partition coefficient (Wildman–Crippen LogP) is 1.34. The number of hydrogen-bond acceptors (Lipinski definition) is 4. The normalized spacial score (nSPS) is 14.9. The third-order valence-corrected chi connectivity index (χ3v) is 4.16. The van der Waals surface area contributed by atoms with Crippen molar-refractivity contribution in [2.24, 2.45) is 0 Å². The maximum Gasteiger partial charge on any atom is 0.229 e. The Labute approximate surface area is 122 Å². The van der Waals surface area contributed by atoms with Gasteiger partial charge in [0.25, 0.3) is 0 Å². The minimum absolute atomic E-state index is 0.0272. The smallest absolute Gasteiger partial charge is 0.229 e. The zero-order valence-corrected chi connectivity index (χ0v) is 12.1. The minimum Gasteiger partial charge on any atom is -0.354 e. The van der Waals surface area contributed by atoms with Gasteiger partial charge in [-0.2, -0.15) is 0 Å². The third-order valence-electron chi connectivity index (χ3n) is 3.22. The molecule has 1 aromatic heterocycles. The third kappa shape index (κ3) is 4.16. The lowest BCUT2D eigenvalue weighted by molar-refractivity contribution is -0.138. The molecule has 0 aromatic carbocycles. The Morgan fingerprint density at radius 1 is 1.30 bits per heavy atom. The number of likely N-dealkylation sites (tertiary alicyclic amines) is 1. The highest BCUT2D eigenvalue weighted by atomic mass is 32.1. The molecule has 5 nitrogen and oxygen atoms in total. The van der Waals surface area contributed by atoms with Crippen LogP contribution in [0.1, 0.15) is 30.6 Å². The lowest BCUT2D eigenvalue weighted by Crippen LogP contribution is -2.37. The second-order valence-electron chi connectivity index (χ2n) is 4.72. The van der Waals surface area contributed by atoms with Crippen LogP contribution in [-0.4, -0.2) is 35.7 Å². The highest BCUT2D eigenvalue weighted by molar-refractivity contribution is 7.09. The molecule has 6 heteroatoms. The molecule has 0 aliphatic carbocycles. The summed E-state index contributed by atoms with van der Waals surface area (Å²) in [5, 5.41) is 4.78. The highest BCUT2D eigenvalue weighted by Crippen LogP contribution is 2.12. The topological polar surface area (TPSA) is 66.5 Å². The Balaban J connectivity index is 1.58. The summed E-state index contributed by atoms with van der Waals surface area (Å²) in [6, 6.07) is 4.07. The molecule has 0 saturated carbocycles. The second-order valence-corrected chi connectivity index (χ2v) is 5.75. The molecule has 0 atom stereocenters. The van der Waals surface area contributed by atoms with Crippen LogP contribution in [0.3, 0.4) is 0 Å². The van der Waals surface area contributed by atoms with Crippen molar-refractivity contribution < 1.29 is 14.4 Å². The summed E-state index contributed by atoms with van der Waals surface area (Å²) in [5.41, 5.74) is 0. The van der Waals surface area contributed by atoms with E-state index in [0.29, 0.717) is 25.8 Å². The van der Waals surface area contributed by atoms with Crippen LogP contribution in [0.25, 0.3) is 0 Å². The van der Waals surface area contributed by atoms with Crippen molar-refractivity contribution in [1.82, 2.24) is 10.2 Å². The number of carbonyl (C=O) groups excluding carboxylic acids is 3. The quantitative estimate of drug-likeness (QED) is 0.772. The predicted molar refractivity (Wildman–Crippen MR) is 76.2 cm³/mol. The van der Waals surface area contributed by atoms with E-state index < -0.39 is 0 Å². The van der Waals surface area contributed by atoms with Crippen molar-refractivity contribution in [2.75, 3.05) is 13.1 Å². The van der Waals surface area contributed by atoms with Crippen LogP contribution in [0.2, 0.25) is 0 Å². The summed E-state index contributed by atoms with van der Waals surface area (Å²) >= 11 is 1.70. The highest BCUT2D eigenvalue weighted by Gasteiger charge is 2.28. The number of imide groups is 1. The molecular weight excluding hydrogens is 276 g/mol. The zero-order chi connectivity index (χ0) is 14.4. The number of nitrogens with zero attached hydrogens (tertiary/aromatic N) is 1. The van der Waals surface area contributed by atoms with Gasteiger partial charge in [-0.05, 0) is 24.3 Å². The Kier molecular flexibility index (Phi) is 5.29. The van der Waals surface area contributed by atoms with Crippen molar-refractivity contribution >= 4 is 29.1 Å². The van der Waals surface area contributed by atoms with E-state index in [1.165, 1.54) is 9.78 Å². The summed E-state index contributed by atoms with van der Waals surface area (Å²) in [5.74, 6) is -0.301. The summed E-state index contributed by atoms with van der Waals surface area (Å²) in [7, 11) is 0. The van der Waals surface area contributed by atoms with E-state index in [-0.39, 0.29) is 24.3 Å². The second kappa shape index (κ2) is 7.19. The fourth-order valence-electron chi connectivity index (χ4n) is 2.15. The van der Waals surface area contributed by atoms with E-state index in [2.05, 4.69) is 11.4 Å². The molecule has 1 N–H and O–H groups in total. The fraction of sp³-hybridized carbons (Fsp3) is 0.500. The molecule has 1 aliphatic rings. The molecule has 2 heterocycles. The molecule has 1 aromatic rings. The lowest BCUT2D eigenvalue weighted by atomic mass is 10.2. The lowest BCUT2D eigenvalue weighted by Gasteiger charge is -2.13. The summed E-state index contributed by atoms with van der Waals surface area (Å²) < 4.78 is 0. The molecule has 20 heavy (non-hydrogen) atoms. The van der Waals surface area contributed by atoms with Gasteiger partial charge in [0.1, 0.15) is 0 Å².